The van der Waals surface area contributed by atoms with Gasteiger partial charge in [0.05, 0.1) is 0 Å². The topological polar surface area (TPSA) is 59.3 Å². The Morgan fingerprint density at radius 1 is 1.16 bits per heavy atom. The first-order chi connectivity index (χ1) is 9.24. The molecule has 0 atom stereocenters. The Balaban J connectivity index is 1.91. The van der Waals surface area contributed by atoms with Crippen LogP contribution >= 0.6 is 0 Å². The Kier molecular flexibility index (Phi) is 2.68. The molecule has 1 aromatic carbocycles. The quantitative estimate of drug-likeness (QED) is 0.764. The molecular weight excluding hydrogens is 247 g/mol. The van der Waals surface area contributed by atoms with Crippen molar-refractivity contribution in [3.05, 3.63) is 60.0 Å². The van der Waals surface area contributed by atoms with E-state index in [0.717, 1.165) is 0 Å². The van der Waals surface area contributed by atoms with Crippen LogP contribution in [0.4, 0.5) is 10.3 Å². The highest BCUT2D eigenvalue weighted by Crippen LogP contribution is 2.10. The van der Waals surface area contributed by atoms with Gasteiger partial charge in [-0.15, -0.1) is 10.2 Å². The van der Waals surface area contributed by atoms with Gasteiger partial charge in [-0.25, -0.2) is 4.39 Å². The molecule has 3 rings (SSSR count). The van der Waals surface area contributed by atoms with E-state index in [1.807, 2.05) is 6.07 Å². The third kappa shape index (κ3) is 2.15. The number of hydrogen-bond donors (Lipinski definition) is 1. The van der Waals surface area contributed by atoms with Crippen LogP contribution in [0.5, 0.6) is 0 Å². The van der Waals surface area contributed by atoms with Crippen LogP contribution in [-0.2, 0) is 0 Å². The average Bonchev–Trinajstić information content (AvgIpc) is 2.82. The molecule has 0 spiro atoms. The number of benzene rings is 1. The van der Waals surface area contributed by atoms with E-state index in [9.17, 15) is 9.18 Å². The molecule has 1 N–H and O–H groups in total. The van der Waals surface area contributed by atoms with Crippen molar-refractivity contribution in [1.29, 1.82) is 0 Å². The van der Waals surface area contributed by atoms with Crippen molar-refractivity contribution < 1.29 is 9.18 Å². The van der Waals surface area contributed by atoms with Gasteiger partial charge in [0.2, 0.25) is 5.95 Å². The lowest BCUT2D eigenvalue weighted by Gasteiger charge is -2.03. The number of anilines is 1. The summed E-state index contributed by atoms with van der Waals surface area (Å²) >= 11 is 0. The molecule has 1 amide bonds. The molecule has 0 fully saturated rings. The molecule has 0 radical (unpaired) electrons. The third-order valence-corrected chi connectivity index (χ3v) is 2.63. The molecule has 0 aliphatic heterocycles. The molecule has 6 heteroatoms. The van der Waals surface area contributed by atoms with Crippen molar-refractivity contribution in [3.8, 4) is 0 Å². The minimum absolute atomic E-state index is 0.229. The molecule has 19 heavy (non-hydrogen) atoms. The first-order valence-electron chi connectivity index (χ1n) is 5.61. The van der Waals surface area contributed by atoms with Gasteiger partial charge in [0.25, 0.3) is 5.91 Å². The Hall–Kier alpha value is -2.76. The van der Waals surface area contributed by atoms with Gasteiger partial charge in [-0.2, -0.15) is 0 Å². The molecule has 5 nitrogen and oxygen atoms in total. The second-order valence-electron chi connectivity index (χ2n) is 3.92. The lowest BCUT2D eigenvalue weighted by Crippen LogP contribution is -2.14. The maximum absolute atomic E-state index is 13.0. The van der Waals surface area contributed by atoms with Crippen LogP contribution < -0.4 is 5.32 Å². The molecule has 0 aliphatic carbocycles. The number of fused-ring (bicyclic) bond motifs is 1. The van der Waals surface area contributed by atoms with E-state index < -0.39 is 11.7 Å². The summed E-state index contributed by atoms with van der Waals surface area (Å²) in [4.78, 5) is 11.9. The summed E-state index contributed by atoms with van der Waals surface area (Å²) in [5.41, 5.74) is 0.852. The zero-order valence-corrected chi connectivity index (χ0v) is 9.75. The van der Waals surface area contributed by atoms with Crippen molar-refractivity contribution in [2.24, 2.45) is 0 Å². The summed E-state index contributed by atoms with van der Waals surface area (Å²) in [5.74, 6) is -0.596. The fourth-order valence-corrected chi connectivity index (χ4v) is 1.73. The number of rotatable bonds is 2. The molecule has 0 aliphatic rings. The highest BCUT2D eigenvalue weighted by atomic mass is 19.1. The standard InChI is InChI=1S/C13H9FN4O/c14-10-5-3-4-9(8-10)12(19)15-13-17-16-11-6-1-2-7-18(11)13/h1-8H,(H,15,17,19). The number of hydrogen-bond acceptors (Lipinski definition) is 3. The molecule has 0 saturated heterocycles. The van der Waals surface area contributed by atoms with Crippen LogP contribution in [0.25, 0.3) is 5.65 Å². The first kappa shape index (κ1) is 11.3. The summed E-state index contributed by atoms with van der Waals surface area (Å²) in [5, 5.41) is 10.4. The van der Waals surface area contributed by atoms with Gasteiger partial charge >= 0.3 is 0 Å². The Bertz CT molecular complexity index is 753. The van der Waals surface area contributed by atoms with Crippen LogP contribution in [0, 0.1) is 5.82 Å². The van der Waals surface area contributed by atoms with Gasteiger partial charge in [-0.05, 0) is 30.3 Å². The van der Waals surface area contributed by atoms with E-state index in [1.54, 1.807) is 22.7 Å². The maximum Gasteiger partial charge on any atom is 0.258 e. The molecular formula is C13H9FN4O. The highest BCUT2D eigenvalue weighted by molar-refractivity contribution is 6.03. The van der Waals surface area contributed by atoms with Gasteiger partial charge in [-0.3, -0.25) is 14.5 Å². The van der Waals surface area contributed by atoms with Crippen molar-refractivity contribution in [1.82, 2.24) is 14.6 Å². The van der Waals surface area contributed by atoms with Gasteiger partial charge in [-0.1, -0.05) is 12.1 Å². The predicted molar refractivity (Wildman–Crippen MR) is 67.3 cm³/mol. The van der Waals surface area contributed by atoms with E-state index in [0.29, 0.717) is 11.6 Å². The summed E-state index contributed by atoms with van der Waals surface area (Å²) in [6.45, 7) is 0. The Labute approximate surface area is 107 Å². The fraction of sp³-hybridized carbons (Fsp3) is 0. The molecule has 0 bridgehead atoms. The predicted octanol–water partition coefficient (Wildman–Crippen LogP) is 2.12. The Morgan fingerprint density at radius 3 is 2.89 bits per heavy atom. The van der Waals surface area contributed by atoms with Crippen LogP contribution in [-0.4, -0.2) is 20.5 Å². The molecule has 3 aromatic rings. The first-order valence-corrected chi connectivity index (χ1v) is 5.61. The summed E-state index contributed by atoms with van der Waals surface area (Å²) in [6.07, 6.45) is 1.73. The van der Waals surface area contributed by atoms with Crippen molar-refractivity contribution in [2.75, 3.05) is 5.32 Å². The normalized spacial score (nSPS) is 10.6. The van der Waals surface area contributed by atoms with Gasteiger partial charge in [0.1, 0.15) is 5.82 Å². The maximum atomic E-state index is 13.0. The molecule has 2 heterocycles. The lowest BCUT2D eigenvalue weighted by molar-refractivity contribution is 0.102. The number of aromatic nitrogens is 3. The fourth-order valence-electron chi connectivity index (χ4n) is 1.73. The van der Waals surface area contributed by atoms with Crippen LogP contribution in [0.15, 0.2) is 48.7 Å². The van der Waals surface area contributed by atoms with E-state index in [2.05, 4.69) is 15.5 Å². The van der Waals surface area contributed by atoms with Gasteiger partial charge < -0.3 is 0 Å². The monoisotopic (exact) mass is 256 g/mol. The summed E-state index contributed by atoms with van der Waals surface area (Å²) < 4.78 is 14.7. The number of carbonyl (C=O) groups excluding carboxylic acids is 1. The molecule has 2 aromatic heterocycles. The average molecular weight is 256 g/mol. The SMILES string of the molecule is O=C(Nc1nnc2ccccn12)c1cccc(F)c1. The van der Waals surface area contributed by atoms with Gasteiger partial charge in [0.15, 0.2) is 5.65 Å². The van der Waals surface area contributed by atoms with Crippen molar-refractivity contribution in [3.63, 3.8) is 0 Å². The molecule has 0 unspecified atom stereocenters. The third-order valence-electron chi connectivity index (χ3n) is 2.63. The van der Waals surface area contributed by atoms with Gasteiger partial charge in [0, 0.05) is 11.8 Å². The molecule has 94 valence electrons. The van der Waals surface area contributed by atoms with E-state index in [4.69, 9.17) is 0 Å². The zero-order valence-electron chi connectivity index (χ0n) is 9.75. The molecule has 0 saturated carbocycles. The Morgan fingerprint density at radius 2 is 2.05 bits per heavy atom. The number of pyridine rings is 1. The second-order valence-corrected chi connectivity index (χ2v) is 3.92. The van der Waals surface area contributed by atoms with Crippen LogP contribution in [0.3, 0.4) is 0 Å². The van der Waals surface area contributed by atoms with E-state index >= 15 is 0 Å². The van der Waals surface area contributed by atoms with E-state index in [1.165, 1.54) is 24.3 Å². The largest absolute Gasteiger partial charge is 0.290 e. The number of nitrogens with zero attached hydrogens (tertiary/aromatic N) is 3. The lowest BCUT2D eigenvalue weighted by atomic mass is 10.2. The number of amides is 1. The summed E-state index contributed by atoms with van der Waals surface area (Å²) in [6, 6.07) is 10.8. The minimum Gasteiger partial charge on any atom is -0.290 e. The smallest absolute Gasteiger partial charge is 0.258 e. The van der Waals surface area contributed by atoms with E-state index in [-0.39, 0.29) is 5.56 Å². The zero-order chi connectivity index (χ0) is 13.2. The van der Waals surface area contributed by atoms with Crippen LogP contribution in [0.2, 0.25) is 0 Å². The van der Waals surface area contributed by atoms with Crippen molar-refractivity contribution >= 4 is 17.5 Å². The van der Waals surface area contributed by atoms with Crippen LogP contribution in [0.1, 0.15) is 10.4 Å². The second kappa shape index (κ2) is 4.49. The minimum atomic E-state index is -0.459. The highest BCUT2D eigenvalue weighted by Gasteiger charge is 2.11. The van der Waals surface area contributed by atoms with Crippen molar-refractivity contribution in [2.45, 2.75) is 0 Å². The number of carbonyl (C=O) groups is 1. The number of halogens is 1. The summed E-state index contributed by atoms with van der Waals surface area (Å²) in [7, 11) is 0. The number of nitrogens with one attached hydrogen (secondary N) is 1.